The van der Waals surface area contributed by atoms with Crippen LogP contribution in [0.2, 0.25) is 0 Å². The molecule has 0 aliphatic rings. The molecule has 0 saturated heterocycles. The van der Waals surface area contributed by atoms with Crippen molar-refractivity contribution in [2.75, 3.05) is 11.9 Å². The van der Waals surface area contributed by atoms with Crippen molar-refractivity contribution in [3.63, 3.8) is 0 Å². The number of hydrogen-bond donors (Lipinski definition) is 0. The van der Waals surface area contributed by atoms with E-state index < -0.39 is 0 Å². The van der Waals surface area contributed by atoms with Crippen molar-refractivity contribution < 1.29 is 0 Å². The molecule has 1 aromatic heterocycles. The molecule has 0 fully saturated rings. The largest absolute Gasteiger partial charge is 0.345 e. The van der Waals surface area contributed by atoms with Crippen LogP contribution < -0.4 is 4.90 Å². The summed E-state index contributed by atoms with van der Waals surface area (Å²) < 4.78 is 2.39. The highest BCUT2D eigenvalue weighted by atomic mass is 15.1. The fraction of sp³-hybridized carbons (Fsp3) is 0.0286. The Morgan fingerprint density at radius 1 is 0.459 bits per heavy atom. The van der Waals surface area contributed by atoms with E-state index >= 15 is 0 Å². The van der Waals surface area contributed by atoms with E-state index in [1.165, 1.54) is 60.8 Å². The van der Waals surface area contributed by atoms with E-state index in [2.05, 4.69) is 150 Å². The molecule has 0 radical (unpaired) electrons. The molecule has 0 saturated carbocycles. The van der Waals surface area contributed by atoms with Gasteiger partial charge in [0.15, 0.2) is 0 Å². The third-order valence-corrected chi connectivity index (χ3v) is 7.40. The summed E-state index contributed by atoms with van der Waals surface area (Å²) in [5.74, 6) is 0. The van der Waals surface area contributed by atoms with Crippen LogP contribution in [0.5, 0.6) is 0 Å². The van der Waals surface area contributed by atoms with Gasteiger partial charge >= 0.3 is 0 Å². The van der Waals surface area contributed by atoms with Gasteiger partial charge in [-0.2, -0.15) is 0 Å². The lowest BCUT2D eigenvalue weighted by Gasteiger charge is -2.19. The first-order valence-corrected chi connectivity index (χ1v) is 12.7. The van der Waals surface area contributed by atoms with Crippen molar-refractivity contribution in [1.82, 2.24) is 4.57 Å². The molecule has 0 N–H and O–H groups in total. The maximum Gasteiger partial charge on any atom is 0.0541 e. The molecule has 37 heavy (non-hydrogen) atoms. The average molecular weight is 475 g/mol. The van der Waals surface area contributed by atoms with Gasteiger partial charge in [0.2, 0.25) is 0 Å². The minimum atomic E-state index is 1.17. The molecule has 176 valence electrons. The molecule has 6 aromatic carbocycles. The predicted molar refractivity (Wildman–Crippen MR) is 158 cm³/mol. The van der Waals surface area contributed by atoms with Gasteiger partial charge < -0.3 is 9.47 Å². The van der Waals surface area contributed by atoms with Crippen LogP contribution in [0.3, 0.4) is 0 Å². The van der Waals surface area contributed by atoms with Crippen LogP contribution in [0, 0.1) is 0 Å². The molecule has 0 unspecified atom stereocenters. The first-order chi connectivity index (χ1) is 18.3. The SMILES string of the molecule is CN(c1ccccc1)c1ccc(-c2ccc3c(c2)c2ccccc2n3-c2ccc3ccccc3c2)cc1. The number of aromatic nitrogens is 1. The molecule has 0 amide bonds. The summed E-state index contributed by atoms with van der Waals surface area (Å²) in [6, 6.07) is 50.1. The van der Waals surface area contributed by atoms with Gasteiger partial charge in [0.1, 0.15) is 0 Å². The molecular formula is C35H26N2. The van der Waals surface area contributed by atoms with E-state index in [1.54, 1.807) is 0 Å². The molecule has 0 aliphatic heterocycles. The molecule has 1 heterocycles. The molecule has 0 spiro atoms. The predicted octanol–water partition coefficient (Wildman–Crippen LogP) is 9.37. The Kier molecular flexibility index (Phi) is 5.04. The molecule has 2 nitrogen and oxygen atoms in total. The lowest BCUT2D eigenvalue weighted by Crippen LogP contribution is -2.08. The maximum absolute atomic E-state index is 2.39. The molecule has 0 bridgehead atoms. The minimum Gasteiger partial charge on any atom is -0.345 e. The third-order valence-electron chi connectivity index (χ3n) is 7.40. The summed E-state index contributed by atoms with van der Waals surface area (Å²) in [5.41, 5.74) is 8.43. The standard InChI is InChI=1S/C35H26N2/c1-36(29-11-3-2-4-12-29)30-19-15-26(16-20-30)28-18-22-35-33(24-28)32-13-7-8-14-34(32)37(35)31-21-17-25-9-5-6-10-27(25)23-31/h2-24H,1H3. The van der Waals surface area contributed by atoms with Crippen molar-refractivity contribution in [2.45, 2.75) is 0 Å². The fourth-order valence-corrected chi connectivity index (χ4v) is 5.42. The Labute approximate surface area is 216 Å². The summed E-state index contributed by atoms with van der Waals surface area (Å²) >= 11 is 0. The minimum absolute atomic E-state index is 1.17. The Morgan fingerprint density at radius 3 is 1.95 bits per heavy atom. The molecule has 0 atom stereocenters. The van der Waals surface area contributed by atoms with Gasteiger partial charge in [-0.1, -0.05) is 84.9 Å². The van der Waals surface area contributed by atoms with E-state index in [-0.39, 0.29) is 0 Å². The summed E-state index contributed by atoms with van der Waals surface area (Å²) in [5, 5.41) is 5.05. The van der Waals surface area contributed by atoms with E-state index in [1.807, 2.05) is 6.07 Å². The van der Waals surface area contributed by atoms with Crippen LogP contribution >= 0.6 is 0 Å². The number of nitrogens with zero attached hydrogens (tertiary/aromatic N) is 2. The molecule has 7 rings (SSSR count). The zero-order valence-corrected chi connectivity index (χ0v) is 20.7. The van der Waals surface area contributed by atoms with Crippen LogP contribution in [0.4, 0.5) is 11.4 Å². The lowest BCUT2D eigenvalue weighted by atomic mass is 10.0. The highest BCUT2D eigenvalue weighted by Gasteiger charge is 2.13. The number of para-hydroxylation sites is 2. The topological polar surface area (TPSA) is 8.17 Å². The molecular weight excluding hydrogens is 448 g/mol. The fourth-order valence-electron chi connectivity index (χ4n) is 5.42. The Hall–Kier alpha value is -4.82. The van der Waals surface area contributed by atoms with E-state index in [0.717, 1.165) is 0 Å². The van der Waals surface area contributed by atoms with Gasteiger partial charge in [-0.05, 0) is 76.5 Å². The van der Waals surface area contributed by atoms with Gasteiger partial charge in [0.05, 0.1) is 11.0 Å². The van der Waals surface area contributed by atoms with Crippen molar-refractivity contribution in [3.05, 3.63) is 140 Å². The summed E-state index contributed by atoms with van der Waals surface area (Å²) in [4.78, 5) is 2.21. The second kappa shape index (κ2) is 8.69. The van der Waals surface area contributed by atoms with Crippen LogP contribution in [0.25, 0.3) is 49.4 Å². The van der Waals surface area contributed by atoms with E-state index in [9.17, 15) is 0 Å². The van der Waals surface area contributed by atoms with Gasteiger partial charge in [0.25, 0.3) is 0 Å². The Balaban J connectivity index is 1.33. The third kappa shape index (κ3) is 3.66. The smallest absolute Gasteiger partial charge is 0.0541 e. The zero-order valence-electron chi connectivity index (χ0n) is 20.7. The van der Waals surface area contributed by atoms with Crippen LogP contribution in [-0.4, -0.2) is 11.6 Å². The van der Waals surface area contributed by atoms with Gasteiger partial charge in [-0.25, -0.2) is 0 Å². The van der Waals surface area contributed by atoms with Crippen molar-refractivity contribution >= 4 is 44.0 Å². The normalized spacial score (nSPS) is 11.4. The number of fused-ring (bicyclic) bond motifs is 4. The second-order valence-electron chi connectivity index (χ2n) is 9.56. The lowest BCUT2D eigenvalue weighted by molar-refractivity contribution is 1.19. The highest BCUT2D eigenvalue weighted by Crippen LogP contribution is 2.36. The van der Waals surface area contributed by atoms with Crippen LogP contribution in [0.15, 0.2) is 140 Å². The van der Waals surface area contributed by atoms with Gasteiger partial charge in [-0.15, -0.1) is 0 Å². The first-order valence-electron chi connectivity index (χ1n) is 12.7. The van der Waals surface area contributed by atoms with Crippen LogP contribution in [0.1, 0.15) is 0 Å². The Bertz CT molecular complexity index is 1880. The van der Waals surface area contributed by atoms with Crippen molar-refractivity contribution in [2.24, 2.45) is 0 Å². The Morgan fingerprint density at radius 2 is 1.11 bits per heavy atom. The summed E-state index contributed by atoms with van der Waals surface area (Å²) in [6.07, 6.45) is 0. The number of hydrogen-bond acceptors (Lipinski definition) is 1. The monoisotopic (exact) mass is 474 g/mol. The maximum atomic E-state index is 2.39. The first kappa shape index (κ1) is 21.5. The van der Waals surface area contributed by atoms with Crippen molar-refractivity contribution in [1.29, 1.82) is 0 Å². The van der Waals surface area contributed by atoms with E-state index in [4.69, 9.17) is 0 Å². The highest BCUT2D eigenvalue weighted by molar-refractivity contribution is 6.10. The average Bonchev–Trinajstić information content (AvgIpc) is 3.31. The zero-order chi connectivity index (χ0) is 24.8. The second-order valence-corrected chi connectivity index (χ2v) is 9.56. The number of benzene rings is 6. The summed E-state index contributed by atoms with van der Waals surface area (Å²) in [6.45, 7) is 0. The molecule has 0 aliphatic carbocycles. The number of rotatable bonds is 4. The molecule has 7 aromatic rings. The van der Waals surface area contributed by atoms with Crippen molar-refractivity contribution in [3.8, 4) is 16.8 Å². The summed E-state index contributed by atoms with van der Waals surface area (Å²) in [7, 11) is 2.11. The number of anilines is 2. The van der Waals surface area contributed by atoms with Crippen LogP contribution in [-0.2, 0) is 0 Å². The van der Waals surface area contributed by atoms with Gasteiger partial charge in [-0.3, -0.25) is 0 Å². The van der Waals surface area contributed by atoms with E-state index in [0.29, 0.717) is 0 Å². The van der Waals surface area contributed by atoms with Gasteiger partial charge in [0, 0.05) is 34.9 Å². The molecule has 2 heteroatoms. The quantitative estimate of drug-likeness (QED) is 0.247.